The maximum Gasteiger partial charge on any atom is 0.312 e. The van der Waals surface area contributed by atoms with Crippen LogP contribution in [0.5, 0.6) is 0 Å². The van der Waals surface area contributed by atoms with Crippen LogP contribution < -0.4 is 10.2 Å². The van der Waals surface area contributed by atoms with Crippen LogP contribution >= 0.6 is 0 Å². The van der Waals surface area contributed by atoms with E-state index in [1.807, 2.05) is 24.3 Å². The van der Waals surface area contributed by atoms with E-state index < -0.39 is 29.7 Å². The monoisotopic (exact) mass is 398 g/mol. The van der Waals surface area contributed by atoms with E-state index in [2.05, 4.69) is 12.2 Å². The zero-order valence-electron chi connectivity index (χ0n) is 16.4. The van der Waals surface area contributed by atoms with Crippen LogP contribution in [-0.4, -0.2) is 30.4 Å². The lowest BCUT2D eigenvalue weighted by Crippen LogP contribution is -2.33. The average molecular weight is 398 g/mol. The maximum absolute atomic E-state index is 12.9. The molecule has 1 aliphatic rings. The van der Waals surface area contributed by atoms with E-state index in [1.165, 1.54) is 31.2 Å². The molecule has 1 N–H and O–H groups in total. The van der Waals surface area contributed by atoms with E-state index in [0.29, 0.717) is 5.69 Å². The van der Waals surface area contributed by atoms with E-state index in [9.17, 15) is 18.8 Å². The number of esters is 1. The topological polar surface area (TPSA) is 75.7 Å². The van der Waals surface area contributed by atoms with E-state index >= 15 is 0 Å². The third-order valence-electron chi connectivity index (χ3n) is 4.89. The highest BCUT2D eigenvalue weighted by Crippen LogP contribution is 2.26. The summed E-state index contributed by atoms with van der Waals surface area (Å²) in [6.45, 7) is 3.72. The van der Waals surface area contributed by atoms with Crippen LogP contribution in [0.3, 0.4) is 0 Å². The summed E-state index contributed by atoms with van der Waals surface area (Å²) in [7, 11) is 0. The number of hydrogen-bond donors (Lipinski definition) is 1. The lowest BCUT2D eigenvalue weighted by Gasteiger charge is -2.18. The number of carbonyl (C=O) groups is 3. The normalized spacial score (nSPS) is 17.1. The largest absolute Gasteiger partial charge is 0.452 e. The van der Waals surface area contributed by atoms with Crippen LogP contribution in [0.25, 0.3) is 0 Å². The Morgan fingerprint density at radius 3 is 2.45 bits per heavy atom. The molecule has 6 nitrogen and oxygen atoms in total. The summed E-state index contributed by atoms with van der Waals surface area (Å²) in [5.41, 5.74) is 2.30. The molecule has 0 saturated carbocycles. The zero-order valence-corrected chi connectivity index (χ0v) is 16.4. The van der Waals surface area contributed by atoms with Crippen molar-refractivity contribution in [1.82, 2.24) is 0 Å². The molecule has 1 heterocycles. The Morgan fingerprint density at radius 2 is 1.83 bits per heavy atom. The molecule has 1 fully saturated rings. The first-order chi connectivity index (χ1) is 13.9. The minimum atomic E-state index is -1.04. The molecule has 1 saturated heterocycles. The summed E-state index contributed by atoms with van der Waals surface area (Å²) in [4.78, 5) is 38.6. The maximum atomic E-state index is 12.9. The lowest BCUT2D eigenvalue weighted by atomic mass is 10.1. The van der Waals surface area contributed by atoms with Crippen molar-refractivity contribution < 1.29 is 23.5 Å². The Balaban J connectivity index is 1.56. The third kappa shape index (κ3) is 4.99. The number of halogens is 1. The number of carbonyl (C=O) groups excluding carboxylic acids is 3. The molecule has 2 aromatic rings. The van der Waals surface area contributed by atoms with Gasteiger partial charge in [0.05, 0.1) is 5.92 Å². The summed E-state index contributed by atoms with van der Waals surface area (Å²) in [5.74, 6) is -2.31. The summed E-state index contributed by atoms with van der Waals surface area (Å²) in [6.07, 6.45) is -0.0950. The van der Waals surface area contributed by atoms with Crippen molar-refractivity contribution in [2.24, 2.45) is 5.92 Å². The van der Waals surface area contributed by atoms with E-state index in [4.69, 9.17) is 4.74 Å². The number of benzene rings is 2. The predicted octanol–water partition coefficient (Wildman–Crippen LogP) is 3.31. The molecule has 1 aliphatic heterocycles. The van der Waals surface area contributed by atoms with Crippen molar-refractivity contribution in [3.63, 3.8) is 0 Å². The highest BCUT2D eigenvalue weighted by molar-refractivity contribution is 6.00. The molecule has 0 spiro atoms. The van der Waals surface area contributed by atoms with Crippen LogP contribution in [0.4, 0.5) is 15.8 Å². The number of amides is 2. The molecule has 2 atom stereocenters. The second kappa shape index (κ2) is 8.86. The molecule has 0 radical (unpaired) electrons. The Labute approximate surface area is 168 Å². The van der Waals surface area contributed by atoms with E-state index in [1.54, 1.807) is 4.90 Å². The quantitative estimate of drug-likeness (QED) is 0.758. The molecule has 0 aliphatic carbocycles. The van der Waals surface area contributed by atoms with Crippen LogP contribution in [0, 0.1) is 11.7 Å². The molecule has 152 valence electrons. The molecular weight excluding hydrogens is 375 g/mol. The summed E-state index contributed by atoms with van der Waals surface area (Å²) >= 11 is 0. The van der Waals surface area contributed by atoms with E-state index in [0.717, 1.165) is 17.7 Å². The van der Waals surface area contributed by atoms with Gasteiger partial charge in [0.15, 0.2) is 6.10 Å². The Kier molecular flexibility index (Phi) is 6.26. The lowest BCUT2D eigenvalue weighted by molar-refractivity contribution is -0.157. The fourth-order valence-electron chi connectivity index (χ4n) is 3.13. The van der Waals surface area contributed by atoms with Crippen LogP contribution in [0.1, 0.15) is 25.8 Å². The molecule has 2 aromatic carbocycles. The number of nitrogens with one attached hydrogen (secondary N) is 1. The third-order valence-corrected chi connectivity index (χ3v) is 4.89. The first kappa shape index (κ1) is 20.5. The molecule has 0 aromatic heterocycles. The minimum absolute atomic E-state index is 0.0423. The average Bonchev–Trinajstić information content (AvgIpc) is 3.11. The van der Waals surface area contributed by atoms with E-state index in [-0.39, 0.29) is 18.9 Å². The van der Waals surface area contributed by atoms with Gasteiger partial charge in [0.1, 0.15) is 5.82 Å². The Morgan fingerprint density at radius 1 is 1.17 bits per heavy atom. The van der Waals surface area contributed by atoms with Crippen molar-refractivity contribution >= 4 is 29.2 Å². The molecule has 29 heavy (non-hydrogen) atoms. The van der Waals surface area contributed by atoms with Gasteiger partial charge in [0.25, 0.3) is 5.91 Å². The summed E-state index contributed by atoms with van der Waals surface area (Å²) < 4.78 is 18.2. The number of ether oxygens (including phenoxy) is 1. The van der Waals surface area contributed by atoms with Crippen molar-refractivity contribution in [1.29, 1.82) is 0 Å². The highest BCUT2D eigenvalue weighted by atomic mass is 19.1. The van der Waals surface area contributed by atoms with Gasteiger partial charge in [-0.15, -0.1) is 0 Å². The molecule has 2 amide bonds. The number of nitrogens with zero attached hydrogens (tertiary/aromatic N) is 1. The minimum Gasteiger partial charge on any atom is -0.452 e. The van der Waals surface area contributed by atoms with Crippen LogP contribution in [-0.2, 0) is 25.5 Å². The van der Waals surface area contributed by atoms with Gasteiger partial charge in [-0.3, -0.25) is 14.4 Å². The first-order valence-corrected chi connectivity index (χ1v) is 9.53. The van der Waals surface area contributed by atoms with Crippen molar-refractivity contribution in [2.45, 2.75) is 32.8 Å². The van der Waals surface area contributed by atoms with Gasteiger partial charge in [0, 0.05) is 24.3 Å². The highest BCUT2D eigenvalue weighted by Gasteiger charge is 2.37. The molecular formula is C22H23FN2O4. The number of hydrogen-bond acceptors (Lipinski definition) is 4. The van der Waals surface area contributed by atoms with Gasteiger partial charge in [-0.1, -0.05) is 19.1 Å². The molecule has 0 unspecified atom stereocenters. The SMILES string of the molecule is CCc1ccc(N2C[C@@H](C(=O)O[C@@H](C)C(=O)Nc3ccc(F)cc3)CC2=O)cc1. The Bertz CT molecular complexity index is 896. The summed E-state index contributed by atoms with van der Waals surface area (Å²) in [6, 6.07) is 12.9. The second-order valence-corrected chi connectivity index (χ2v) is 7.00. The van der Waals surface area contributed by atoms with Gasteiger partial charge >= 0.3 is 5.97 Å². The zero-order chi connectivity index (χ0) is 21.0. The van der Waals surface area contributed by atoms with Crippen molar-refractivity contribution in [2.75, 3.05) is 16.8 Å². The Hall–Kier alpha value is -3.22. The predicted molar refractivity (Wildman–Crippen MR) is 107 cm³/mol. The van der Waals surface area contributed by atoms with Gasteiger partial charge in [-0.25, -0.2) is 4.39 Å². The van der Waals surface area contributed by atoms with Gasteiger partial charge in [-0.05, 0) is 55.3 Å². The van der Waals surface area contributed by atoms with Crippen LogP contribution in [0.15, 0.2) is 48.5 Å². The second-order valence-electron chi connectivity index (χ2n) is 7.00. The summed E-state index contributed by atoms with van der Waals surface area (Å²) in [5, 5.41) is 2.56. The fourth-order valence-corrected chi connectivity index (χ4v) is 3.13. The number of aryl methyl sites for hydroxylation is 1. The number of rotatable bonds is 6. The number of anilines is 2. The molecule has 3 rings (SSSR count). The fraction of sp³-hybridized carbons (Fsp3) is 0.318. The van der Waals surface area contributed by atoms with Crippen molar-refractivity contribution in [3.05, 3.63) is 59.9 Å². The van der Waals surface area contributed by atoms with Gasteiger partial charge in [-0.2, -0.15) is 0 Å². The molecule has 7 heteroatoms. The van der Waals surface area contributed by atoms with Crippen LogP contribution in [0.2, 0.25) is 0 Å². The smallest absolute Gasteiger partial charge is 0.312 e. The van der Waals surface area contributed by atoms with Gasteiger partial charge < -0.3 is 15.0 Å². The first-order valence-electron chi connectivity index (χ1n) is 9.53. The molecule has 0 bridgehead atoms. The van der Waals surface area contributed by atoms with Gasteiger partial charge in [0.2, 0.25) is 5.91 Å². The standard InChI is InChI=1S/C22H23FN2O4/c1-3-15-4-10-19(11-5-15)25-13-16(12-20(25)26)22(28)29-14(2)21(27)24-18-8-6-17(23)7-9-18/h4-11,14,16H,3,12-13H2,1-2H3,(H,24,27)/t14-,16-/m0/s1. The van der Waals surface area contributed by atoms with Crippen molar-refractivity contribution in [3.8, 4) is 0 Å².